The normalized spacial score (nSPS) is 11.7. The quantitative estimate of drug-likeness (QED) is 0.558. The Balaban J connectivity index is 4.18. The summed E-state index contributed by atoms with van der Waals surface area (Å²) in [5, 5.41) is 0. The van der Waals surface area contributed by atoms with E-state index in [9.17, 15) is 13.2 Å². The highest BCUT2D eigenvalue weighted by Gasteiger charge is 2.20. The Morgan fingerprint density at radius 3 is 2.47 bits per heavy atom. The van der Waals surface area contributed by atoms with Crippen LogP contribution in [0.4, 0.5) is 0 Å². The monoisotopic (exact) mass is 239 g/mol. The molecule has 0 atom stereocenters. The smallest absolute Gasteiger partial charge is 0.321 e. The zero-order valence-electron chi connectivity index (χ0n) is 9.23. The molecular weight excluding hydrogens is 222 g/mol. The molecule has 0 rings (SSSR count). The Kier molecular flexibility index (Phi) is 6.46. The number of likely N-dealkylation sites (N-methyl/N-ethyl adjacent to an activating group) is 1. The predicted octanol–water partition coefficient (Wildman–Crippen LogP) is -0.542. The summed E-state index contributed by atoms with van der Waals surface area (Å²) in [7, 11) is -0.676. The van der Waals surface area contributed by atoms with E-state index in [4.69, 9.17) is 0 Å². The number of sulfonamides is 1. The second-order valence-electron chi connectivity index (χ2n) is 2.87. The fourth-order valence-corrected chi connectivity index (χ4v) is 1.82. The minimum absolute atomic E-state index is 0.107. The highest BCUT2D eigenvalue weighted by molar-refractivity contribution is 7.89. The van der Waals surface area contributed by atoms with Crippen LogP contribution in [-0.4, -0.2) is 58.4 Å². The number of carbonyl (C=O) groups excluding carboxylic acids is 1. The van der Waals surface area contributed by atoms with Gasteiger partial charge >= 0.3 is 5.97 Å². The molecule has 0 fully saturated rings. The van der Waals surface area contributed by atoms with Crippen molar-refractivity contribution in [3.63, 3.8) is 0 Å². The van der Waals surface area contributed by atoms with E-state index >= 15 is 0 Å². The third kappa shape index (κ3) is 5.71. The molecule has 7 heteroatoms. The molecule has 0 aromatic carbocycles. The molecule has 0 amide bonds. The van der Waals surface area contributed by atoms with E-state index in [1.54, 1.807) is 6.92 Å². The molecule has 0 saturated carbocycles. The number of nitrogens with zero attached hydrogens (tertiary/aromatic N) is 1. The average Bonchev–Trinajstić information content (AvgIpc) is 2.15. The lowest BCUT2D eigenvalue weighted by atomic mass is 10.6. The Bertz CT molecular complexity index is 287. The van der Waals surface area contributed by atoms with Crippen molar-refractivity contribution in [1.82, 2.24) is 4.31 Å². The van der Waals surface area contributed by atoms with Gasteiger partial charge in [-0.05, 0) is 6.92 Å². The van der Waals surface area contributed by atoms with Crippen molar-refractivity contribution < 1.29 is 22.7 Å². The SMILES string of the molecule is CCOC(=O)CN(C)S(=O)(=O)CCOC. The first kappa shape index (κ1) is 14.3. The van der Waals surface area contributed by atoms with Crippen LogP contribution in [-0.2, 0) is 24.3 Å². The van der Waals surface area contributed by atoms with Crippen LogP contribution in [0.3, 0.4) is 0 Å². The fraction of sp³-hybridized carbons (Fsp3) is 0.875. The lowest BCUT2D eigenvalue weighted by Gasteiger charge is -2.15. The zero-order chi connectivity index (χ0) is 11.9. The Labute approximate surface area is 90.2 Å². The summed E-state index contributed by atoms with van der Waals surface area (Å²) < 4.78 is 33.2. The van der Waals surface area contributed by atoms with E-state index < -0.39 is 16.0 Å². The number of esters is 1. The average molecular weight is 239 g/mol. The molecule has 0 aromatic heterocycles. The second-order valence-corrected chi connectivity index (χ2v) is 5.07. The van der Waals surface area contributed by atoms with Gasteiger partial charge in [-0.2, -0.15) is 4.31 Å². The van der Waals surface area contributed by atoms with E-state index in [2.05, 4.69) is 9.47 Å². The summed E-state index contributed by atoms with van der Waals surface area (Å²) in [6.07, 6.45) is 0. The number of hydrogen-bond acceptors (Lipinski definition) is 5. The molecule has 0 bridgehead atoms. The van der Waals surface area contributed by atoms with Gasteiger partial charge in [-0.3, -0.25) is 4.79 Å². The minimum atomic E-state index is -3.43. The topological polar surface area (TPSA) is 72.9 Å². The van der Waals surface area contributed by atoms with E-state index in [1.807, 2.05) is 0 Å². The van der Waals surface area contributed by atoms with Crippen molar-refractivity contribution >= 4 is 16.0 Å². The molecule has 15 heavy (non-hydrogen) atoms. The first-order chi connectivity index (χ1) is 6.94. The van der Waals surface area contributed by atoms with Crippen LogP contribution in [0.25, 0.3) is 0 Å². The van der Waals surface area contributed by atoms with Crippen LogP contribution in [0.5, 0.6) is 0 Å². The maximum Gasteiger partial charge on any atom is 0.321 e. The highest BCUT2D eigenvalue weighted by Crippen LogP contribution is 1.98. The van der Waals surface area contributed by atoms with E-state index in [1.165, 1.54) is 14.2 Å². The lowest BCUT2D eigenvalue weighted by Crippen LogP contribution is -2.35. The molecule has 90 valence electrons. The van der Waals surface area contributed by atoms with Crippen molar-refractivity contribution in [2.75, 3.05) is 39.7 Å². The van der Waals surface area contributed by atoms with E-state index in [0.717, 1.165) is 4.31 Å². The number of methoxy groups -OCH3 is 1. The molecule has 0 aromatic rings. The van der Waals surface area contributed by atoms with Gasteiger partial charge in [0, 0.05) is 14.2 Å². The fourth-order valence-electron chi connectivity index (χ4n) is 0.831. The highest BCUT2D eigenvalue weighted by atomic mass is 32.2. The molecule has 0 spiro atoms. The molecule has 6 nitrogen and oxygen atoms in total. The number of rotatable bonds is 7. The van der Waals surface area contributed by atoms with Crippen LogP contribution in [0.2, 0.25) is 0 Å². The molecule has 0 radical (unpaired) electrons. The first-order valence-electron chi connectivity index (χ1n) is 4.52. The molecule has 0 unspecified atom stereocenters. The van der Waals surface area contributed by atoms with Crippen LogP contribution in [0.15, 0.2) is 0 Å². The van der Waals surface area contributed by atoms with E-state index in [-0.39, 0.29) is 25.5 Å². The van der Waals surface area contributed by atoms with Gasteiger partial charge in [0.25, 0.3) is 0 Å². The minimum Gasteiger partial charge on any atom is -0.465 e. The molecule has 0 aliphatic rings. The molecule has 0 N–H and O–H groups in total. The van der Waals surface area contributed by atoms with Gasteiger partial charge in [0.15, 0.2) is 0 Å². The van der Waals surface area contributed by atoms with Crippen LogP contribution in [0.1, 0.15) is 6.92 Å². The number of ether oxygens (including phenoxy) is 2. The van der Waals surface area contributed by atoms with Gasteiger partial charge in [0.2, 0.25) is 10.0 Å². The van der Waals surface area contributed by atoms with Crippen molar-refractivity contribution in [3.8, 4) is 0 Å². The molecule has 0 aliphatic carbocycles. The van der Waals surface area contributed by atoms with Crippen LogP contribution in [0, 0.1) is 0 Å². The molecule has 0 saturated heterocycles. The molecule has 0 heterocycles. The van der Waals surface area contributed by atoms with Crippen molar-refractivity contribution in [3.05, 3.63) is 0 Å². The molecular formula is C8H17NO5S. The van der Waals surface area contributed by atoms with Crippen molar-refractivity contribution in [1.29, 1.82) is 0 Å². The number of hydrogen-bond donors (Lipinski definition) is 0. The predicted molar refractivity (Wildman–Crippen MR) is 54.9 cm³/mol. The summed E-state index contributed by atoms with van der Waals surface area (Å²) in [5.41, 5.74) is 0. The van der Waals surface area contributed by atoms with Gasteiger partial charge in [0.1, 0.15) is 6.54 Å². The van der Waals surface area contributed by atoms with E-state index in [0.29, 0.717) is 0 Å². The third-order valence-electron chi connectivity index (χ3n) is 1.68. The number of carbonyl (C=O) groups is 1. The van der Waals surface area contributed by atoms with Crippen LogP contribution >= 0.6 is 0 Å². The van der Waals surface area contributed by atoms with Gasteiger partial charge in [0.05, 0.1) is 19.0 Å². The standard InChI is InChI=1S/C8H17NO5S/c1-4-14-8(10)7-9(2)15(11,12)6-5-13-3/h4-7H2,1-3H3. The summed E-state index contributed by atoms with van der Waals surface area (Å²) in [6, 6.07) is 0. The van der Waals surface area contributed by atoms with Gasteiger partial charge < -0.3 is 9.47 Å². The second kappa shape index (κ2) is 6.76. The van der Waals surface area contributed by atoms with Crippen molar-refractivity contribution in [2.24, 2.45) is 0 Å². The maximum atomic E-state index is 11.5. The largest absolute Gasteiger partial charge is 0.465 e. The van der Waals surface area contributed by atoms with Gasteiger partial charge in [-0.15, -0.1) is 0 Å². The zero-order valence-corrected chi connectivity index (χ0v) is 10.0. The Hall–Kier alpha value is -0.660. The Morgan fingerprint density at radius 1 is 1.40 bits per heavy atom. The van der Waals surface area contributed by atoms with Crippen molar-refractivity contribution in [2.45, 2.75) is 6.92 Å². The van der Waals surface area contributed by atoms with Gasteiger partial charge in [-0.25, -0.2) is 8.42 Å². The summed E-state index contributed by atoms with van der Waals surface area (Å²) in [6.45, 7) is 1.75. The summed E-state index contributed by atoms with van der Waals surface area (Å²) in [4.78, 5) is 11.0. The summed E-state index contributed by atoms with van der Waals surface area (Å²) >= 11 is 0. The first-order valence-corrected chi connectivity index (χ1v) is 6.13. The van der Waals surface area contributed by atoms with Crippen LogP contribution < -0.4 is 0 Å². The molecule has 0 aliphatic heterocycles. The maximum absolute atomic E-state index is 11.5. The Morgan fingerprint density at radius 2 is 2.00 bits per heavy atom. The summed E-state index contributed by atoms with van der Waals surface area (Å²) in [5.74, 6) is -0.694. The lowest BCUT2D eigenvalue weighted by molar-refractivity contribution is -0.143. The van der Waals surface area contributed by atoms with Gasteiger partial charge in [-0.1, -0.05) is 0 Å². The third-order valence-corrected chi connectivity index (χ3v) is 3.44.